The number of likely N-dealkylation sites (N-methyl/N-ethyl adjacent to an activating group) is 1. The first-order chi connectivity index (χ1) is 10.7. The van der Waals surface area contributed by atoms with Gasteiger partial charge in [0, 0.05) is 37.8 Å². The molecule has 22 heavy (non-hydrogen) atoms. The molecular formula is C16H22N2O4. The van der Waals surface area contributed by atoms with Crippen molar-refractivity contribution in [1.29, 1.82) is 0 Å². The molecular weight excluding hydrogens is 284 g/mol. The van der Waals surface area contributed by atoms with E-state index in [0.29, 0.717) is 25.3 Å². The van der Waals surface area contributed by atoms with E-state index in [9.17, 15) is 9.59 Å². The summed E-state index contributed by atoms with van der Waals surface area (Å²) in [5, 5.41) is 8.91. The average Bonchev–Trinajstić information content (AvgIpc) is 2.96. The van der Waals surface area contributed by atoms with E-state index in [1.165, 1.54) is 4.90 Å². The molecule has 0 spiro atoms. The van der Waals surface area contributed by atoms with E-state index in [2.05, 4.69) is 0 Å². The molecule has 2 amide bonds. The minimum Gasteiger partial charge on any atom is -0.484 e. The molecule has 6 nitrogen and oxygen atoms in total. The largest absolute Gasteiger partial charge is 0.484 e. The van der Waals surface area contributed by atoms with Crippen molar-refractivity contribution in [3.63, 3.8) is 0 Å². The molecule has 1 aliphatic heterocycles. The Balaban J connectivity index is 1.96. The van der Waals surface area contributed by atoms with Crippen LogP contribution in [0.25, 0.3) is 0 Å². The van der Waals surface area contributed by atoms with Gasteiger partial charge in [-0.15, -0.1) is 0 Å². The van der Waals surface area contributed by atoms with E-state index in [1.807, 2.05) is 19.1 Å². The zero-order valence-electron chi connectivity index (χ0n) is 12.8. The highest BCUT2D eigenvalue weighted by Crippen LogP contribution is 2.25. The number of ether oxygens (including phenoxy) is 1. The van der Waals surface area contributed by atoms with Crippen LogP contribution in [0, 0.1) is 0 Å². The molecule has 0 atom stereocenters. The zero-order chi connectivity index (χ0) is 15.9. The Bertz CT molecular complexity index is 533. The van der Waals surface area contributed by atoms with E-state index in [4.69, 9.17) is 9.84 Å². The van der Waals surface area contributed by atoms with Gasteiger partial charge >= 0.3 is 0 Å². The van der Waals surface area contributed by atoms with Crippen LogP contribution in [0.1, 0.15) is 19.8 Å². The first-order valence-electron chi connectivity index (χ1n) is 7.57. The first-order valence-corrected chi connectivity index (χ1v) is 7.57. The molecule has 0 unspecified atom stereocenters. The quantitative estimate of drug-likeness (QED) is 0.817. The maximum Gasteiger partial charge on any atom is 0.260 e. The van der Waals surface area contributed by atoms with Gasteiger partial charge in [-0.1, -0.05) is 6.07 Å². The summed E-state index contributed by atoms with van der Waals surface area (Å²) in [7, 11) is 0. The lowest BCUT2D eigenvalue weighted by Gasteiger charge is -2.20. The second kappa shape index (κ2) is 7.79. The summed E-state index contributed by atoms with van der Waals surface area (Å²) in [5.41, 5.74) is 0.801. The number of carbonyl (C=O) groups is 2. The van der Waals surface area contributed by atoms with Crippen LogP contribution < -0.4 is 9.64 Å². The predicted octanol–water partition coefficient (Wildman–Crippen LogP) is 1.03. The number of nitrogens with zero attached hydrogens (tertiary/aromatic N) is 2. The number of hydrogen-bond acceptors (Lipinski definition) is 4. The van der Waals surface area contributed by atoms with Gasteiger partial charge < -0.3 is 19.6 Å². The molecule has 120 valence electrons. The lowest BCUT2D eigenvalue weighted by Crippen LogP contribution is -2.36. The fourth-order valence-corrected chi connectivity index (χ4v) is 2.48. The minimum atomic E-state index is -0.167. The van der Waals surface area contributed by atoms with E-state index in [-0.39, 0.29) is 25.0 Å². The summed E-state index contributed by atoms with van der Waals surface area (Å²) in [6, 6.07) is 7.21. The molecule has 0 radical (unpaired) electrons. The van der Waals surface area contributed by atoms with Gasteiger partial charge in [0.25, 0.3) is 5.91 Å². The molecule has 2 rings (SSSR count). The summed E-state index contributed by atoms with van der Waals surface area (Å²) in [5.74, 6) is 0.512. The second-order valence-electron chi connectivity index (χ2n) is 5.13. The van der Waals surface area contributed by atoms with Gasteiger partial charge in [-0.2, -0.15) is 0 Å². The molecule has 1 fully saturated rings. The van der Waals surface area contributed by atoms with Crippen LogP contribution in [0.3, 0.4) is 0 Å². The maximum absolute atomic E-state index is 12.0. The second-order valence-corrected chi connectivity index (χ2v) is 5.13. The highest BCUT2D eigenvalue weighted by Gasteiger charge is 2.22. The summed E-state index contributed by atoms with van der Waals surface area (Å²) in [4.78, 5) is 27.0. The van der Waals surface area contributed by atoms with Crippen LogP contribution >= 0.6 is 0 Å². The fraction of sp³-hybridized carbons (Fsp3) is 0.500. The fourth-order valence-electron chi connectivity index (χ4n) is 2.48. The summed E-state index contributed by atoms with van der Waals surface area (Å²) < 4.78 is 5.52. The van der Waals surface area contributed by atoms with Gasteiger partial charge in [-0.3, -0.25) is 9.59 Å². The number of amides is 2. The van der Waals surface area contributed by atoms with E-state index in [1.54, 1.807) is 17.0 Å². The lowest BCUT2D eigenvalue weighted by molar-refractivity contribution is -0.133. The topological polar surface area (TPSA) is 70.1 Å². The van der Waals surface area contributed by atoms with Gasteiger partial charge in [0.2, 0.25) is 5.91 Å². The van der Waals surface area contributed by atoms with Crippen molar-refractivity contribution in [1.82, 2.24) is 4.90 Å². The van der Waals surface area contributed by atoms with Crippen molar-refractivity contribution >= 4 is 17.5 Å². The SMILES string of the molecule is CCN(CCO)C(=O)COc1cccc(N2CCCC2=O)c1. The van der Waals surface area contributed by atoms with Crippen molar-refractivity contribution in [3.8, 4) is 5.75 Å². The smallest absolute Gasteiger partial charge is 0.260 e. The average molecular weight is 306 g/mol. The number of aliphatic hydroxyl groups excluding tert-OH is 1. The van der Waals surface area contributed by atoms with Gasteiger partial charge in [-0.05, 0) is 25.5 Å². The Morgan fingerprint density at radius 1 is 1.45 bits per heavy atom. The highest BCUT2D eigenvalue weighted by atomic mass is 16.5. The number of hydrogen-bond donors (Lipinski definition) is 1. The van der Waals surface area contributed by atoms with Crippen molar-refractivity contribution in [3.05, 3.63) is 24.3 Å². The van der Waals surface area contributed by atoms with Gasteiger partial charge in [-0.25, -0.2) is 0 Å². The molecule has 0 aromatic heterocycles. The molecule has 6 heteroatoms. The normalized spacial score (nSPS) is 14.3. The molecule has 1 aromatic carbocycles. The van der Waals surface area contributed by atoms with Gasteiger partial charge in [0.15, 0.2) is 6.61 Å². The van der Waals surface area contributed by atoms with Crippen molar-refractivity contribution < 1.29 is 19.4 Å². The molecule has 0 saturated carbocycles. The molecule has 1 heterocycles. The number of benzene rings is 1. The molecule has 0 bridgehead atoms. The van der Waals surface area contributed by atoms with Gasteiger partial charge in [0.05, 0.1) is 6.61 Å². The van der Waals surface area contributed by atoms with Crippen LogP contribution in [0.15, 0.2) is 24.3 Å². The van der Waals surface area contributed by atoms with Crippen molar-refractivity contribution in [2.75, 3.05) is 37.7 Å². The Kier molecular flexibility index (Phi) is 5.77. The Hall–Kier alpha value is -2.08. The van der Waals surface area contributed by atoms with Crippen LogP contribution in [-0.2, 0) is 9.59 Å². The van der Waals surface area contributed by atoms with Crippen LogP contribution in [0.5, 0.6) is 5.75 Å². The standard InChI is InChI=1S/C16H22N2O4/c1-2-17(9-10-19)16(21)12-22-14-6-3-5-13(11-14)18-8-4-7-15(18)20/h3,5-6,11,19H,2,4,7-10,12H2,1H3. The third-order valence-electron chi connectivity index (χ3n) is 3.67. The summed E-state index contributed by atoms with van der Waals surface area (Å²) in [6.45, 7) is 3.28. The number of carbonyl (C=O) groups excluding carboxylic acids is 2. The Morgan fingerprint density at radius 2 is 2.27 bits per heavy atom. The number of rotatable bonds is 7. The van der Waals surface area contributed by atoms with Crippen LogP contribution in [0.2, 0.25) is 0 Å². The molecule has 0 aliphatic carbocycles. The summed E-state index contributed by atoms with van der Waals surface area (Å²) in [6.07, 6.45) is 1.45. The number of anilines is 1. The highest BCUT2D eigenvalue weighted by molar-refractivity contribution is 5.95. The summed E-state index contributed by atoms with van der Waals surface area (Å²) >= 11 is 0. The third kappa shape index (κ3) is 3.98. The van der Waals surface area contributed by atoms with Crippen molar-refractivity contribution in [2.24, 2.45) is 0 Å². The molecule has 1 aromatic rings. The monoisotopic (exact) mass is 306 g/mol. The zero-order valence-corrected chi connectivity index (χ0v) is 12.8. The lowest BCUT2D eigenvalue weighted by atomic mass is 10.3. The third-order valence-corrected chi connectivity index (χ3v) is 3.67. The van der Waals surface area contributed by atoms with E-state index in [0.717, 1.165) is 18.7 Å². The molecule has 1 saturated heterocycles. The maximum atomic E-state index is 12.0. The predicted molar refractivity (Wildman–Crippen MR) is 82.9 cm³/mol. The first kappa shape index (κ1) is 16.3. The van der Waals surface area contributed by atoms with Crippen LogP contribution in [-0.4, -0.2) is 54.7 Å². The van der Waals surface area contributed by atoms with Crippen molar-refractivity contribution in [2.45, 2.75) is 19.8 Å². The van der Waals surface area contributed by atoms with E-state index < -0.39 is 0 Å². The minimum absolute atomic E-state index is 0.0634. The van der Waals surface area contributed by atoms with Gasteiger partial charge in [0.1, 0.15) is 5.75 Å². The van der Waals surface area contributed by atoms with E-state index >= 15 is 0 Å². The Labute approximate surface area is 130 Å². The van der Waals surface area contributed by atoms with Crippen LogP contribution in [0.4, 0.5) is 5.69 Å². The number of aliphatic hydroxyl groups is 1. The molecule has 1 N–H and O–H groups in total. The Morgan fingerprint density at radius 3 is 2.91 bits per heavy atom. The molecule has 1 aliphatic rings.